The number of hydrogen-bond donors (Lipinski definition) is 1. The van der Waals surface area contributed by atoms with Crippen LogP contribution in [-0.2, 0) is 14.8 Å². The molecule has 0 heterocycles. The van der Waals surface area contributed by atoms with Crippen molar-refractivity contribution in [2.45, 2.75) is 11.0 Å². The van der Waals surface area contributed by atoms with Gasteiger partial charge in [0.1, 0.15) is 0 Å². The van der Waals surface area contributed by atoms with E-state index in [9.17, 15) is 26.8 Å². The van der Waals surface area contributed by atoms with Gasteiger partial charge in [-0.15, -0.1) is 0 Å². The molecule has 0 bridgehead atoms. The molecule has 1 atom stereocenters. The first-order valence-corrected chi connectivity index (χ1v) is 12.2. The van der Waals surface area contributed by atoms with Crippen LogP contribution >= 0.6 is 0 Å². The molecule has 0 amide bonds. The van der Waals surface area contributed by atoms with E-state index in [1.165, 1.54) is 24.3 Å². The van der Waals surface area contributed by atoms with E-state index in [0.29, 0.717) is 23.3 Å². The van der Waals surface area contributed by atoms with Crippen molar-refractivity contribution in [3.8, 4) is 0 Å². The molecule has 182 valence electrons. The normalized spacial score (nSPS) is 11.9. The van der Waals surface area contributed by atoms with E-state index < -0.39 is 44.4 Å². The summed E-state index contributed by atoms with van der Waals surface area (Å²) in [5, 5.41) is 0. The monoisotopic (exact) mass is 507 g/mol. The highest BCUT2D eigenvalue weighted by Crippen LogP contribution is 2.27. The van der Waals surface area contributed by atoms with Crippen LogP contribution in [0.25, 0.3) is 0 Å². The Morgan fingerprint density at radius 2 is 1.36 bits per heavy atom. The number of benzene rings is 4. The third-order valence-electron chi connectivity index (χ3n) is 5.22. The fourth-order valence-electron chi connectivity index (χ4n) is 3.42. The molecule has 0 fully saturated rings. The van der Waals surface area contributed by atoms with Crippen molar-refractivity contribution in [1.29, 1.82) is 0 Å². The number of Topliss-reactive ketones (excluding diaryl/α,β-unsaturated/α-hetero) is 1. The standard InChI is InChI=1S/C27H19F2NO5S/c28-22-16-15-20(17-23(22)29)36(33,34)30-24-14-8-7-13-21(24)27(32)35-26(19-11-5-2-6-12-19)25(31)18-9-3-1-4-10-18/h1-17,26,30H. The molecule has 4 rings (SSSR count). The zero-order chi connectivity index (χ0) is 25.7. The van der Waals surface area contributed by atoms with Crippen molar-refractivity contribution >= 4 is 27.5 Å². The number of nitrogens with one attached hydrogen (secondary N) is 1. The second-order valence-electron chi connectivity index (χ2n) is 7.65. The summed E-state index contributed by atoms with van der Waals surface area (Å²) < 4.78 is 60.2. The van der Waals surface area contributed by atoms with Crippen LogP contribution in [0.3, 0.4) is 0 Å². The van der Waals surface area contributed by atoms with Gasteiger partial charge in [0.15, 0.2) is 17.7 Å². The molecule has 4 aromatic rings. The number of para-hydroxylation sites is 1. The van der Waals surface area contributed by atoms with Crippen molar-refractivity contribution < 1.29 is 31.5 Å². The number of halogens is 2. The van der Waals surface area contributed by atoms with Gasteiger partial charge >= 0.3 is 5.97 Å². The Bertz CT molecular complexity index is 1510. The highest BCUT2D eigenvalue weighted by atomic mass is 32.2. The van der Waals surface area contributed by atoms with Crippen molar-refractivity contribution in [3.05, 3.63) is 131 Å². The molecule has 4 aromatic carbocycles. The number of carbonyl (C=O) groups excluding carboxylic acids is 2. The Morgan fingerprint density at radius 3 is 2.03 bits per heavy atom. The second kappa shape index (κ2) is 10.5. The molecular weight excluding hydrogens is 488 g/mol. The fraction of sp³-hybridized carbons (Fsp3) is 0.0370. The maximum absolute atomic E-state index is 13.6. The van der Waals surface area contributed by atoms with Crippen LogP contribution in [0.4, 0.5) is 14.5 Å². The summed E-state index contributed by atoms with van der Waals surface area (Å²) >= 11 is 0. The number of sulfonamides is 1. The third kappa shape index (κ3) is 5.47. The Hall–Kier alpha value is -4.37. The zero-order valence-corrected chi connectivity index (χ0v) is 19.4. The highest BCUT2D eigenvalue weighted by molar-refractivity contribution is 7.92. The Labute approximate surface area is 206 Å². The van der Waals surface area contributed by atoms with Crippen LogP contribution in [0.2, 0.25) is 0 Å². The van der Waals surface area contributed by atoms with Crippen molar-refractivity contribution in [3.63, 3.8) is 0 Å². The lowest BCUT2D eigenvalue weighted by atomic mass is 9.99. The van der Waals surface area contributed by atoms with Gasteiger partial charge in [0, 0.05) is 11.1 Å². The lowest BCUT2D eigenvalue weighted by Gasteiger charge is -2.19. The maximum Gasteiger partial charge on any atom is 0.341 e. The summed E-state index contributed by atoms with van der Waals surface area (Å²) in [4.78, 5) is 25.9. The minimum Gasteiger partial charge on any atom is -0.445 e. The van der Waals surface area contributed by atoms with Crippen LogP contribution in [0.1, 0.15) is 32.4 Å². The summed E-state index contributed by atoms with van der Waals surface area (Å²) in [5.41, 5.74) is 0.419. The van der Waals surface area contributed by atoms with E-state index in [1.54, 1.807) is 60.7 Å². The molecule has 1 N–H and O–H groups in total. The molecule has 6 nitrogen and oxygen atoms in total. The highest BCUT2D eigenvalue weighted by Gasteiger charge is 2.28. The van der Waals surface area contributed by atoms with Gasteiger partial charge in [-0.25, -0.2) is 22.0 Å². The lowest BCUT2D eigenvalue weighted by Crippen LogP contribution is -2.22. The first-order valence-electron chi connectivity index (χ1n) is 10.7. The van der Waals surface area contributed by atoms with Gasteiger partial charge in [-0.1, -0.05) is 72.8 Å². The van der Waals surface area contributed by atoms with Crippen LogP contribution < -0.4 is 4.72 Å². The number of carbonyl (C=O) groups is 2. The molecular formula is C27H19F2NO5S. The second-order valence-corrected chi connectivity index (χ2v) is 9.34. The van der Waals surface area contributed by atoms with Gasteiger partial charge < -0.3 is 4.74 Å². The van der Waals surface area contributed by atoms with Crippen LogP contribution in [0, 0.1) is 11.6 Å². The van der Waals surface area contributed by atoms with Gasteiger partial charge in [-0.2, -0.15) is 0 Å². The molecule has 9 heteroatoms. The predicted octanol–water partition coefficient (Wildman–Crippen LogP) is 5.55. The first-order chi connectivity index (χ1) is 17.3. The third-order valence-corrected chi connectivity index (χ3v) is 6.58. The summed E-state index contributed by atoms with van der Waals surface area (Å²) in [5.74, 6) is -3.96. The van der Waals surface area contributed by atoms with Crippen LogP contribution in [0.5, 0.6) is 0 Å². The number of esters is 1. The van der Waals surface area contributed by atoms with Crippen LogP contribution in [-0.4, -0.2) is 20.2 Å². The Balaban J connectivity index is 1.65. The topological polar surface area (TPSA) is 89.5 Å². The maximum atomic E-state index is 13.6. The van der Waals surface area contributed by atoms with Gasteiger partial charge in [0.2, 0.25) is 5.78 Å². The number of ketones is 1. The Kier molecular flexibility index (Phi) is 7.21. The van der Waals surface area contributed by atoms with Crippen molar-refractivity contribution in [2.75, 3.05) is 4.72 Å². The molecule has 1 unspecified atom stereocenters. The number of anilines is 1. The molecule has 0 aliphatic heterocycles. The molecule has 0 saturated carbocycles. The van der Waals surface area contributed by atoms with Crippen molar-refractivity contribution in [1.82, 2.24) is 0 Å². The van der Waals surface area contributed by atoms with E-state index >= 15 is 0 Å². The smallest absolute Gasteiger partial charge is 0.341 e. The van der Waals surface area contributed by atoms with Crippen LogP contribution in [0.15, 0.2) is 108 Å². The number of rotatable bonds is 8. The fourth-order valence-corrected chi connectivity index (χ4v) is 4.51. The zero-order valence-electron chi connectivity index (χ0n) is 18.6. The summed E-state index contributed by atoms with van der Waals surface area (Å²) in [7, 11) is -4.38. The van der Waals surface area contributed by atoms with Gasteiger partial charge in [-0.3, -0.25) is 9.52 Å². The first kappa shape index (κ1) is 24.7. The van der Waals surface area contributed by atoms with E-state index in [1.807, 2.05) is 0 Å². The van der Waals surface area contributed by atoms with Gasteiger partial charge in [0.25, 0.3) is 10.0 Å². The largest absolute Gasteiger partial charge is 0.445 e. The average Bonchev–Trinajstić information content (AvgIpc) is 2.89. The SMILES string of the molecule is O=C(OC(C(=O)c1ccccc1)c1ccccc1)c1ccccc1NS(=O)(=O)c1ccc(F)c(F)c1. The molecule has 0 spiro atoms. The van der Waals surface area contributed by atoms with E-state index in [0.717, 1.165) is 6.07 Å². The molecule has 0 aromatic heterocycles. The molecule has 0 radical (unpaired) electrons. The minimum absolute atomic E-state index is 0.161. The van der Waals surface area contributed by atoms with Gasteiger partial charge in [0.05, 0.1) is 16.1 Å². The van der Waals surface area contributed by atoms with E-state index in [2.05, 4.69) is 4.72 Å². The molecule has 0 aliphatic carbocycles. The minimum atomic E-state index is -4.38. The van der Waals surface area contributed by atoms with E-state index in [4.69, 9.17) is 4.74 Å². The number of ether oxygens (including phenoxy) is 1. The van der Waals surface area contributed by atoms with E-state index in [-0.39, 0.29) is 11.3 Å². The summed E-state index contributed by atoms with van der Waals surface area (Å²) in [6.45, 7) is 0. The predicted molar refractivity (Wildman–Crippen MR) is 129 cm³/mol. The Morgan fingerprint density at radius 1 is 0.750 bits per heavy atom. The van der Waals surface area contributed by atoms with Crippen molar-refractivity contribution in [2.24, 2.45) is 0 Å². The molecule has 0 saturated heterocycles. The molecule has 36 heavy (non-hydrogen) atoms. The average molecular weight is 508 g/mol. The quantitative estimate of drug-likeness (QED) is 0.250. The summed E-state index contributed by atoms with van der Waals surface area (Å²) in [6, 6.07) is 24.4. The lowest BCUT2D eigenvalue weighted by molar-refractivity contribution is 0.0281. The van der Waals surface area contributed by atoms with Gasteiger partial charge in [-0.05, 0) is 30.3 Å². The summed E-state index contributed by atoms with van der Waals surface area (Å²) in [6.07, 6.45) is -1.29. The number of hydrogen-bond acceptors (Lipinski definition) is 5. The molecule has 0 aliphatic rings.